The van der Waals surface area contributed by atoms with E-state index in [0.717, 1.165) is 0 Å². The predicted molar refractivity (Wildman–Crippen MR) is 56.3 cm³/mol. The Kier molecular flexibility index (Phi) is 5.95. The van der Waals surface area contributed by atoms with Crippen LogP contribution in [0.2, 0.25) is 0 Å². The Morgan fingerprint density at radius 3 is 2.47 bits per heavy atom. The van der Waals surface area contributed by atoms with Gasteiger partial charge in [0.05, 0.1) is 6.04 Å². The third-order valence-electron chi connectivity index (χ3n) is 1.78. The second-order valence-corrected chi connectivity index (χ2v) is 3.19. The normalized spacial score (nSPS) is 13.4. The van der Waals surface area contributed by atoms with Gasteiger partial charge in [0.1, 0.15) is 6.04 Å². The average Bonchev–Trinajstić information content (AvgIpc) is 2.16. The lowest BCUT2D eigenvalue weighted by Gasteiger charge is -2.15. The summed E-state index contributed by atoms with van der Waals surface area (Å²) in [7, 11) is 0. The lowest BCUT2D eigenvalue weighted by molar-refractivity contribution is -0.139. The smallest absolute Gasteiger partial charge is 0.326 e. The summed E-state index contributed by atoms with van der Waals surface area (Å²) in [5.74, 6) is 1.27. The number of rotatable bonds is 5. The van der Waals surface area contributed by atoms with Crippen LogP contribution < -0.4 is 10.6 Å². The molecule has 0 fully saturated rings. The predicted octanol–water partition coefficient (Wildman–Crippen LogP) is 0.561. The molecule has 0 saturated carbocycles. The van der Waals surface area contributed by atoms with Gasteiger partial charge in [-0.1, -0.05) is 19.3 Å². The van der Waals surface area contributed by atoms with Gasteiger partial charge in [-0.2, -0.15) is 0 Å². The van der Waals surface area contributed by atoms with E-state index in [-0.39, 0.29) is 0 Å². The summed E-state index contributed by atoms with van der Waals surface area (Å²) in [6.07, 6.45) is 6.14. The van der Waals surface area contributed by atoms with Gasteiger partial charge < -0.3 is 15.7 Å². The van der Waals surface area contributed by atoms with Crippen LogP contribution in [0.4, 0.5) is 4.79 Å². The van der Waals surface area contributed by atoms with Gasteiger partial charge >= 0.3 is 12.0 Å². The van der Waals surface area contributed by atoms with Gasteiger partial charge in [-0.3, -0.25) is 0 Å². The van der Waals surface area contributed by atoms with E-state index in [1.165, 1.54) is 0 Å². The Labute approximate surface area is 89.2 Å². The zero-order valence-corrected chi connectivity index (χ0v) is 8.91. The highest BCUT2D eigenvalue weighted by Crippen LogP contribution is 1.96. The summed E-state index contributed by atoms with van der Waals surface area (Å²) in [5, 5.41) is 13.5. The summed E-state index contributed by atoms with van der Waals surface area (Å²) >= 11 is 0. The molecule has 2 amide bonds. The second kappa shape index (κ2) is 6.71. The number of hydrogen-bond acceptors (Lipinski definition) is 2. The molecule has 5 nitrogen and oxygen atoms in total. The molecular formula is C10H16N2O3. The zero-order chi connectivity index (χ0) is 11.8. The Hall–Kier alpha value is -1.70. The zero-order valence-electron chi connectivity index (χ0n) is 8.91. The number of nitrogens with one attached hydrogen (secondary N) is 2. The van der Waals surface area contributed by atoms with Crippen molar-refractivity contribution >= 4 is 12.0 Å². The van der Waals surface area contributed by atoms with Crippen molar-refractivity contribution in [3.05, 3.63) is 0 Å². The van der Waals surface area contributed by atoms with E-state index in [1.54, 1.807) is 6.92 Å². The van der Waals surface area contributed by atoms with Crippen LogP contribution in [0.1, 0.15) is 26.7 Å². The number of carbonyl (C=O) groups is 2. The van der Waals surface area contributed by atoms with Crippen LogP contribution in [0.3, 0.4) is 0 Å². The van der Waals surface area contributed by atoms with Gasteiger partial charge in [-0.15, -0.1) is 6.42 Å². The van der Waals surface area contributed by atoms with E-state index in [4.69, 9.17) is 11.5 Å². The van der Waals surface area contributed by atoms with Crippen molar-refractivity contribution in [2.45, 2.75) is 38.8 Å². The average molecular weight is 212 g/mol. The van der Waals surface area contributed by atoms with E-state index in [1.807, 2.05) is 6.92 Å². The molecule has 84 valence electrons. The lowest BCUT2D eigenvalue weighted by Crippen LogP contribution is -2.48. The SMILES string of the molecule is C#CC(C)NC(=O)N[C@H](CCC)C(=O)O. The molecule has 0 heterocycles. The summed E-state index contributed by atoms with van der Waals surface area (Å²) in [6, 6.07) is -1.83. The molecule has 1 unspecified atom stereocenters. The minimum atomic E-state index is -1.04. The van der Waals surface area contributed by atoms with Crippen molar-refractivity contribution in [2.75, 3.05) is 0 Å². The molecule has 0 spiro atoms. The maximum atomic E-state index is 11.2. The molecule has 0 aromatic carbocycles. The monoisotopic (exact) mass is 212 g/mol. The molecule has 0 radical (unpaired) electrons. The lowest BCUT2D eigenvalue weighted by atomic mass is 10.2. The first-order chi connectivity index (χ1) is 7.01. The van der Waals surface area contributed by atoms with Crippen LogP contribution in [-0.4, -0.2) is 29.2 Å². The number of terminal acetylenes is 1. The third kappa shape index (κ3) is 5.57. The molecule has 0 aliphatic heterocycles. The molecule has 0 aromatic heterocycles. The number of hydrogen-bond donors (Lipinski definition) is 3. The summed E-state index contributed by atoms with van der Waals surface area (Å²) in [4.78, 5) is 21.9. The number of carboxylic acids is 1. The van der Waals surface area contributed by atoms with Crippen LogP contribution >= 0.6 is 0 Å². The van der Waals surface area contributed by atoms with Crippen molar-refractivity contribution in [3.63, 3.8) is 0 Å². The first kappa shape index (κ1) is 13.3. The Balaban J connectivity index is 4.12. The minimum Gasteiger partial charge on any atom is -0.480 e. The van der Waals surface area contributed by atoms with Gasteiger partial charge in [0.2, 0.25) is 0 Å². The minimum absolute atomic E-state index is 0.396. The highest BCUT2D eigenvalue weighted by atomic mass is 16.4. The molecule has 2 atom stereocenters. The van der Waals surface area contributed by atoms with Crippen LogP contribution in [0, 0.1) is 12.3 Å². The Morgan fingerprint density at radius 2 is 2.07 bits per heavy atom. The first-order valence-electron chi connectivity index (χ1n) is 4.77. The van der Waals surface area contributed by atoms with Gasteiger partial charge in [0.25, 0.3) is 0 Å². The number of carbonyl (C=O) groups excluding carboxylic acids is 1. The van der Waals surface area contributed by atoms with Crippen molar-refractivity contribution < 1.29 is 14.7 Å². The van der Waals surface area contributed by atoms with Crippen molar-refractivity contribution in [1.82, 2.24) is 10.6 Å². The maximum absolute atomic E-state index is 11.2. The van der Waals surface area contributed by atoms with Gasteiger partial charge in [-0.05, 0) is 13.3 Å². The fraction of sp³-hybridized carbons (Fsp3) is 0.600. The van der Waals surface area contributed by atoms with Crippen LogP contribution in [0.15, 0.2) is 0 Å². The van der Waals surface area contributed by atoms with Crippen LogP contribution in [0.5, 0.6) is 0 Å². The molecule has 5 heteroatoms. The maximum Gasteiger partial charge on any atom is 0.326 e. The molecule has 0 aliphatic rings. The largest absolute Gasteiger partial charge is 0.480 e. The van der Waals surface area contributed by atoms with E-state index < -0.39 is 24.1 Å². The van der Waals surface area contributed by atoms with E-state index in [9.17, 15) is 9.59 Å². The first-order valence-corrected chi connectivity index (χ1v) is 4.77. The van der Waals surface area contributed by atoms with Crippen molar-refractivity contribution in [1.29, 1.82) is 0 Å². The van der Waals surface area contributed by atoms with Gasteiger partial charge in [0.15, 0.2) is 0 Å². The highest BCUT2D eigenvalue weighted by Gasteiger charge is 2.18. The molecular weight excluding hydrogens is 196 g/mol. The molecule has 0 rings (SSSR count). The van der Waals surface area contributed by atoms with Crippen molar-refractivity contribution in [2.24, 2.45) is 0 Å². The number of aliphatic carboxylic acids is 1. The quantitative estimate of drug-likeness (QED) is 0.583. The number of amides is 2. The van der Waals surface area contributed by atoms with Gasteiger partial charge in [-0.25, -0.2) is 9.59 Å². The standard InChI is InChI=1S/C10H16N2O3/c1-4-6-8(9(13)14)12-10(15)11-7(3)5-2/h2,7-8H,4,6H2,1,3H3,(H,13,14)(H2,11,12,15)/t7?,8-/m1/s1. The number of urea groups is 1. The molecule has 3 N–H and O–H groups in total. The summed E-state index contributed by atoms with van der Waals surface area (Å²) < 4.78 is 0. The fourth-order valence-electron chi connectivity index (χ4n) is 0.984. The van der Waals surface area contributed by atoms with Crippen LogP contribution in [0.25, 0.3) is 0 Å². The molecule has 0 saturated heterocycles. The molecule has 15 heavy (non-hydrogen) atoms. The van der Waals surface area contributed by atoms with Crippen LogP contribution in [-0.2, 0) is 4.79 Å². The number of carboxylic acid groups (broad SMARTS) is 1. The molecule has 0 aliphatic carbocycles. The van der Waals surface area contributed by atoms with E-state index >= 15 is 0 Å². The topological polar surface area (TPSA) is 78.4 Å². The Morgan fingerprint density at radius 1 is 1.47 bits per heavy atom. The van der Waals surface area contributed by atoms with Gasteiger partial charge in [0, 0.05) is 0 Å². The third-order valence-corrected chi connectivity index (χ3v) is 1.78. The summed E-state index contributed by atoms with van der Waals surface area (Å²) in [6.45, 7) is 3.48. The molecule has 0 aromatic rings. The molecule has 0 bridgehead atoms. The van der Waals surface area contributed by atoms with E-state index in [0.29, 0.717) is 12.8 Å². The second-order valence-electron chi connectivity index (χ2n) is 3.19. The van der Waals surface area contributed by atoms with Crippen molar-refractivity contribution in [3.8, 4) is 12.3 Å². The fourth-order valence-corrected chi connectivity index (χ4v) is 0.984. The Bertz CT molecular complexity index is 270. The highest BCUT2D eigenvalue weighted by molar-refractivity contribution is 5.82. The summed E-state index contributed by atoms with van der Waals surface area (Å²) in [5.41, 5.74) is 0. The van der Waals surface area contributed by atoms with E-state index in [2.05, 4.69) is 16.6 Å².